The van der Waals surface area contributed by atoms with E-state index in [-0.39, 0.29) is 17.0 Å². The molecule has 6 heteroatoms. The number of carbonyl (C=O) groups excluding carboxylic acids is 1. The Hall–Kier alpha value is -1.17. The lowest BCUT2D eigenvalue weighted by atomic mass is 10.2. The first kappa shape index (κ1) is 14.2. The van der Waals surface area contributed by atoms with Crippen molar-refractivity contribution in [3.8, 4) is 0 Å². The van der Waals surface area contributed by atoms with E-state index in [0.717, 1.165) is 13.1 Å². The van der Waals surface area contributed by atoms with Crippen molar-refractivity contribution in [2.24, 2.45) is 0 Å². The van der Waals surface area contributed by atoms with Crippen molar-refractivity contribution in [3.63, 3.8) is 0 Å². The summed E-state index contributed by atoms with van der Waals surface area (Å²) in [4.78, 5) is 14.1. The summed E-state index contributed by atoms with van der Waals surface area (Å²) in [5.74, 6) is -0.634. The van der Waals surface area contributed by atoms with Gasteiger partial charge in [0.25, 0.3) is 0 Å². The van der Waals surface area contributed by atoms with Crippen LogP contribution in [-0.2, 0) is 9.53 Å². The Balaban J connectivity index is 1.97. The summed E-state index contributed by atoms with van der Waals surface area (Å²) in [6.07, 6.45) is 0. The highest BCUT2D eigenvalue weighted by Crippen LogP contribution is 2.19. The lowest BCUT2D eigenvalue weighted by Gasteiger charge is -2.31. The zero-order chi connectivity index (χ0) is 13.8. The third kappa shape index (κ3) is 3.65. The van der Waals surface area contributed by atoms with Crippen molar-refractivity contribution >= 4 is 23.2 Å². The van der Waals surface area contributed by atoms with Gasteiger partial charge >= 0.3 is 0 Å². The van der Waals surface area contributed by atoms with Gasteiger partial charge in [-0.3, -0.25) is 9.69 Å². The summed E-state index contributed by atoms with van der Waals surface area (Å²) < 4.78 is 18.3. The second-order valence-electron chi connectivity index (χ2n) is 4.44. The number of nitrogens with one attached hydrogen (secondary N) is 1. The molecule has 1 N–H and O–H groups in total. The Bertz CT molecular complexity index is 464. The molecule has 19 heavy (non-hydrogen) atoms. The SMILES string of the molecule is C[C@@H](C(=O)Nc1ccc(F)c(Cl)c1)N1CCOCC1. The lowest BCUT2D eigenvalue weighted by molar-refractivity contribution is -0.122. The average Bonchev–Trinajstić information content (AvgIpc) is 2.43. The minimum atomic E-state index is -0.499. The van der Waals surface area contributed by atoms with Crippen LogP contribution >= 0.6 is 11.6 Å². The molecule has 104 valence electrons. The van der Waals surface area contributed by atoms with E-state index in [1.807, 2.05) is 11.8 Å². The molecule has 0 radical (unpaired) electrons. The number of halogens is 2. The summed E-state index contributed by atoms with van der Waals surface area (Å²) in [6.45, 7) is 4.59. The summed E-state index contributed by atoms with van der Waals surface area (Å²) in [5.41, 5.74) is 0.497. The van der Waals surface area contributed by atoms with E-state index in [1.165, 1.54) is 18.2 Å². The van der Waals surface area contributed by atoms with Crippen LogP contribution in [0.2, 0.25) is 5.02 Å². The van der Waals surface area contributed by atoms with E-state index in [1.54, 1.807) is 0 Å². The molecule has 0 spiro atoms. The van der Waals surface area contributed by atoms with Gasteiger partial charge in [-0.15, -0.1) is 0 Å². The van der Waals surface area contributed by atoms with Crippen molar-refractivity contribution in [1.29, 1.82) is 0 Å². The number of morpholine rings is 1. The number of anilines is 1. The first-order valence-corrected chi connectivity index (χ1v) is 6.53. The normalized spacial score (nSPS) is 18.1. The minimum Gasteiger partial charge on any atom is -0.379 e. The van der Waals surface area contributed by atoms with Crippen LogP contribution in [0.25, 0.3) is 0 Å². The quantitative estimate of drug-likeness (QED) is 0.926. The number of rotatable bonds is 3. The van der Waals surface area contributed by atoms with Crippen molar-refractivity contribution in [1.82, 2.24) is 4.90 Å². The van der Waals surface area contributed by atoms with Gasteiger partial charge in [-0.2, -0.15) is 0 Å². The summed E-state index contributed by atoms with van der Waals surface area (Å²) >= 11 is 5.67. The van der Waals surface area contributed by atoms with Gasteiger partial charge in [0.1, 0.15) is 5.82 Å². The molecule has 2 rings (SSSR count). The molecule has 1 aliphatic heterocycles. The smallest absolute Gasteiger partial charge is 0.241 e. The number of hydrogen-bond donors (Lipinski definition) is 1. The first-order chi connectivity index (χ1) is 9.08. The van der Waals surface area contributed by atoms with Gasteiger partial charge < -0.3 is 10.1 Å². The molecule has 0 aliphatic carbocycles. The van der Waals surface area contributed by atoms with E-state index in [9.17, 15) is 9.18 Å². The Morgan fingerprint density at radius 2 is 2.16 bits per heavy atom. The van der Waals surface area contributed by atoms with Gasteiger partial charge in [0.15, 0.2) is 0 Å². The van der Waals surface area contributed by atoms with Gasteiger partial charge in [0.2, 0.25) is 5.91 Å². The van der Waals surface area contributed by atoms with Gasteiger partial charge in [0, 0.05) is 18.8 Å². The molecule has 1 amide bonds. The maximum atomic E-state index is 13.0. The Morgan fingerprint density at radius 1 is 1.47 bits per heavy atom. The standard InChI is InChI=1S/C13H16ClFN2O2/c1-9(17-4-6-19-7-5-17)13(18)16-10-2-3-12(15)11(14)8-10/h2-3,8-9H,4-7H2,1H3,(H,16,18)/t9-/m0/s1. The predicted octanol–water partition coefficient (Wildman–Crippen LogP) is 2.14. The number of benzene rings is 1. The number of hydrogen-bond acceptors (Lipinski definition) is 3. The molecular formula is C13H16ClFN2O2. The maximum absolute atomic E-state index is 13.0. The molecule has 1 saturated heterocycles. The van der Waals surface area contributed by atoms with Crippen LogP contribution in [0.3, 0.4) is 0 Å². The fourth-order valence-corrected chi connectivity index (χ4v) is 2.13. The molecule has 1 aliphatic rings. The molecule has 0 aromatic heterocycles. The molecule has 4 nitrogen and oxygen atoms in total. The largest absolute Gasteiger partial charge is 0.379 e. The van der Waals surface area contributed by atoms with Crippen molar-refractivity contribution < 1.29 is 13.9 Å². The van der Waals surface area contributed by atoms with Crippen LogP contribution in [0.4, 0.5) is 10.1 Å². The van der Waals surface area contributed by atoms with E-state index >= 15 is 0 Å². The lowest BCUT2D eigenvalue weighted by Crippen LogP contribution is -2.47. The summed E-state index contributed by atoms with van der Waals surface area (Å²) in [6, 6.07) is 3.87. The molecule has 1 heterocycles. The van der Waals surface area contributed by atoms with Crippen LogP contribution in [0.1, 0.15) is 6.92 Å². The number of nitrogens with zero attached hydrogens (tertiary/aromatic N) is 1. The third-order valence-corrected chi connectivity index (χ3v) is 3.45. The second-order valence-corrected chi connectivity index (χ2v) is 4.85. The van der Waals surface area contributed by atoms with Gasteiger partial charge in [-0.1, -0.05) is 11.6 Å². The van der Waals surface area contributed by atoms with Gasteiger partial charge in [-0.25, -0.2) is 4.39 Å². The third-order valence-electron chi connectivity index (χ3n) is 3.16. The second kappa shape index (κ2) is 6.32. The molecule has 1 fully saturated rings. The molecule has 0 bridgehead atoms. The molecule has 1 aromatic carbocycles. The van der Waals surface area contributed by atoms with Crippen LogP contribution in [-0.4, -0.2) is 43.2 Å². The first-order valence-electron chi connectivity index (χ1n) is 6.15. The van der Waals surface area contributed by atoms with Crippen molar-refractivity contribution in [3.05, 3.63) is 29.0 Å². The number of carbonyl (C=O) groups is 1. The van der Waals surface area contributed by atoms with Crippen LogP contribution < -0.4 is 5.32 Å². The van der Waals surface area contributed by atoms with Gasteiger partial charge in [-0.05, 0) is 25.1 Å². The van der Waals surface area contributed by atoms with Crippen LogP contribution in [0.5, 0.6) is 0 Å². The Labute approximate surface area is 116 Å². The number of ether oxygens (including phenoxy) is 1. The molecule has 1 atom stereocenters. The highest BCUT2D eigenvalue weighted by molar-refractivity contribution is 6.31. The number of amides is 1. The molecule has 1 aromatic rings. The summed E-state index contributed by atoms with van der Waals surface area (Å²) in [7, 11) is 0. The van der Waals surface area contributed by atoms with E-state index < -0.39 is 5.82 Å². The van der Waals surface area contributed by atoms with Crippen LogP contribution in [0, 0.1) is 5.82 Å². The predicted molar refractivity (Wildman–Crippen MR) is 71.9 cm³/mol. The minimum absolute atomic E-state index is 0.00294. The van der Waals surface area contributed by atoms with Gasteiger partial charge in [0.05, 0.1) is 24.3 Å². The van der Waals surface area contributed by atoms with Crippen molar-refractivity contribution in [2.45, 2.75) is 13.0 Å². The van der Waals surface area contributed by atoms with Crippen LogP contribution in [0.15, 0.2) is 18.2 Å². The highest BCUT2D eigenvalue weighted by atomic mass is 35.5. The Morgan fingerprint density at radius 3 is 2.79 bits per heavy atom. The van der Waals surface area contributed by atoms with E-state index in [0.29, 0.717) is 18.9 Å². The monoisotopic (exact) mass is 286 g/mol. The summed E-state index contributed by atoms with van der Waals surface area (Å²) in [5, 5.41) is 2.73. The topological polar surface area (TPSA) is 41.6 Å². The molecule has 0 unspecified atom stereocenters. The molecular weight excluding hydrogens is 271 g/mol. The zero-order valence-electron chi connectivity index (χ0n) is 10.7. The Kier molecular flexibility index (Phi) is 4.74. The highest BCUT2D eigenvalue weighted by Gasteiger charge is 2.23. The average molecular weight is 287 g/mol. The van der Waals surface area contributed by atoms with E-state index in [2.05, 4.69) is 5.32 Å². The van der Waals surface area contributed by atoms with E-state index in [4.69, 9.17) is 16.3 Å². The maximum Gasteiger partial charge on any atom is 0.241 e. The fraction of sp³-hybridized carbons (Fsp3) is 0.462. The fourth-order valence-electron chi connectivity index (χ4n) is 1.95. The zero-order valence-corrected chi connectivity index (χ0v) is 11.4. The molecule has 0 saturated carbocycles. The van der Waals surface area contributed by atoms with Crippen molar-refractivity contribution in [2.75, 3.05) is 31.6 Å².